The molecule has 1 atom stereocenters. The van der Waals surface area contributed by atoms with Gasteiger partial charge in [0.05, 0.1) is 5.60 Å². The summed E-state index contributed by atoms with van der Waals surface area (Å²) in [4.78, 5) is 2.45. The van der Waals surface area contributed by atoms with E-state index in [0.29, 0.717) is 16.6 Å². The number of anilines is 1. The number of benzene rings is 1. The van der Waals surface area contributed by atoms with Crippen molar-refractivity contribution in [2.75, 3.05) is 18.0 Å². The minimum Gasteiger partial charge on any atom is -0.389 e. The number of nitrogens with two attached hydrogens (primary N) is 1. The van der Waals surface area contributed by atoms with Crippen LogP contribution in [-0.2, 0) is 0 Å². The van der Waals surface area contributed by atoms with Gasteiger partial charge in [0, 0.05) is 29.4 Å². The molecule has 1 aliphatic heterocycles. The van der Waals surface area contributed by atoms with Crippen molar-refractivity contribution in [3.63, 3.8) is 0 Å². The summed E-state index contributed by atoms with van der Waals surface area (Å²) in [5.41, 5.74) is 6.80. The van der Waals surface area contributed by atoms with Gasteiger partial charge >= 0.3 is 0 Å². The molecule has 2 rings (SSSR count). The standard InChI is InChI=1S/C13H17ClN2OS/c1-13(17)5-2-6-16(8-13)11-4-3-9(14)7-10(11)12(15)18/h3-4,7,17H,2,5-6,8H2,1H3,(H2,15,18). The first kappa shape index (κ1) is 13.6. The topological polar surface area (TPSA) is 49.5 Å². The highest BCUT2D eigenvalue weighted by atomic mass is 35.5. The number of rotatable bonds is 2. The van der Waals surface area contributed by atoms with Gasteiger partial charge in [-0.15, -0.1) is 0 Å². The van der Waals surface area contributed by atoms with Crippen LogP contribution in [-0.4, -0.2) is 28.8 Å². The van der Waals surface area contributed by atoms with Crippen molar-refractivity contribution < 1.29 is 5.11 Å². The van der Waals surface area contributed by atoms with E-state index >= 15 is 0 Å². The molecule has 0 aromatic heterocycles. The third kappa shape index (κ3) is 2.94. The fraction of sp³-hybridized carbons (Fsp3) is 0.462. The molecule has 0 amide bonds. The molecule has 98 valence electrons. The van der Waals surface area contributed by atoms with Crippen LogP contribution in [0.5, 0.6) is 0 Å². The average molecular weight is 285 g/mol. The van der Waals surface area contributed by atoms with E-state index in [1.165, 1.54) is 0 Å². The molecule has 1 aliphatic rings. The lowest BCUT2D eigenvalue weighted by Crippen LogP contribution is -2.46. The monoisotopic (exact) mass is 284 g/mol. The Morgan fingerprint density at radius 1 is 1.56 bits per heavy atom. The lowest BCUT2D eigenvalue weighted by atomic mass is 9.94. The Hall–Kier alpha value is -0.840. The molecule has 1 fully saturated rings. The van der Waals surface area contributed by atoms with Crippen LogP contribution in [0.1, 0.15) is 25.3 Å². The van der Waals surface area contributed by atoms with Crippen LogP contribution >= 0.6 is 23.8 Å². The molecule has 1 unspecified atom stereocenters. The molecule has 0 saturated carbocycles. The van der Waals surface area contributed by atoms with Crippen LogP contribution in [0.3, 0.4) is 0 Å². The third-order valence-corrected chi connectivity index (χ3v) is 3.69. The summed E-state index contributed by atoms with van der Waals surface area (Å²) in [6, 6.07) is 5.52. The van der Waals surface area contributed by atoms with Gasteiger partial charge in [0.15, 0.2) is 0 Å². The summed E-state index contributed by atoms with van der Waals surface area (Å²) in [6.45, 7) is 3.34. The number of halogens is 1. The van der Waals surface area contributed by atoms with E-state index in [1.807, 2.05) is 19.1 Å². The summed E-state index contributed by atoms with van der Waals surface area (Å²) in [5, 5.41) is 10.8. The molecule has 18 heavy (non-hydrogen) atoms. The van der Waals surface area contributed by atoms with Gasteiger partial charge in [0.1, 0.15) is 4.99 Å². The van der Waals surface area contributed by atoms with Crippen molar-refractivity contribution in [2.24, 2.45) is 5.73 Å². The smallest absolute Gasteiger partial charge is 0.106 e. The Bertz CT molecular complexity index is 476. The fourth-order valence-electron chi connectivity index (χ4n) is 2.41. The molecule has 1 aromatic rings. The highest BCUT2D eigenvalue weighted by Crippen LogP contribution is 2.30. The highest BCUT2D eigenvalue weighted by Gasteiger charge is 2.29. The molecular weight excluding hydrogens is 268 g/mol. The van der Waals surface area contributed by atoms with Crippen LogP contribution in [0.2, 0.25) is 5.02 Å². The first-order chi connectivity index (χ1) is 8.39. The number of piperidine rings is 1. The maximum Gasteiger partial charge on any atom is 0.106 e. The van der Waals surface area contributed by atoms with Crippen molar-refractivity contribution in [3.8, 4) is 0 Å². The van der Waals surface area contributed by atoms with Gasteiger partial charge in [-0.3, -0.25) is 0 Å². The van der Waals surface area contributed by atoms with Crippen LogP contribution in [0, 0.1) is 0 Å². The molecule has 1 aromatic carbocycles. The largest absolute Gasteiger partial charge is 0.389 e. The molecule has 0 aliphatic carbocycles. The zero-order valence-corrected chi connectivity index (χ0v) is 11.9. The molecule has 3 nitrogen and oxygen atoms in total. The lowest BCUT2D eigenvalue weighted by molar-refractivity contribution is 0.0449. The Kier molecular flexibility index (Phi) is 3.80. The van der Waals surface area contributed by atoms with E-state index in [9.17, 15) is 5.11 Å². The van der Waals surface area contributed by atoms with Gasteiger partial charge in [-0.1, -0.05) is 23.8 Å². The van der Waals surface area contributed by atoms with Gasteiger partial charge in [0.25, 0.3) is 0 Å². The van der Waals surface area contributed by atoms with Crippen molar-refractivity contribution >= 4 is 34.5 Å². The van der Waals surface area contributed by atoms with Gasteiger partial charge in [-0.05, 0) is 38.0 Å². The lowest BCUT2D eigenvalue weighted by Gasteiger charge is -2.39. The van der Waals surface area contributed by atoms with Crippen LogP contribution < -0.4 is 10.6 Å². The van der Waals surface area contributed by atoms with E-state index in [2.05, 4.69) is 4.90 Å². The highest BCUT2D eigenvalue weighted by molar-refractivity contribution is 7.80. The predicted molar refractivity (Wildman–Crippen MR) is 79.4 cm³/mol. The number of nitrogens with zero attached hydrogens (tertiary/aromatic N) is 1. The summed E-state index contributed by atoms with van der Waals surface area (Å²) in [6.07, 6.45) is 1.77. The third-order valence-electron chi connectivity index (χ3n) is 3.24. The van der Waals surface area contributed by atoms with E-state index < -0.39 is 5.60 Å². The number of hydrogen-bond donors (Lipinski definition) is 2. The van der Waals surface area contributed by atoms with Crippen molar-refractivity contribution in [1.82, 2.24) is 0 Å². The zero-order chi connectivity index (χ0) is 13.3. The maximum absolute atomic E-state index is 10.2. The number of hydrogen-bond acceptors (Lipinski definition) is 3. The molecule has 1 saturated heterocycles. The van der Waals surface area contributed by atoms with Gasteiger partial charge < -0.3 is 15.7 Å². The van der Waals surface area contributed by atoms with Crippen LogP contribution in [0.15, 0.2) is 18.2 Å². The molecule has 5 heteroatoms. The predicted octanol–water partition coefficient (Wildman–Crippen LogP) is 2.33. The Labute approximate surface area is 118 Å². The second-order valence-electron chi connectivity index (χ2n) is 5.05. The Morgan fingerprint density at radius 2 is 2.28 bits per heavy atom. The van der Waals surface area contributed by atoms with Gasteiger partial charge in [-0.25, -0.2) is 0 Å². The van der Waals surface area contributed by atoms with Gasteiger partial charge in [0.2, 0.25) is 0 Å². The van der Waals surface area contributed by atoms with E-state index in [-0.39, 0.29) is 0 Å². The normalized spacial score (nSPS) is 24.1. The molecule has 3 N–H and O–H groups in total. The van der Waals surface area contributed by atoms with E-state index in [0.717, 1.165) is 30.6 Å². The molecule has 0 spiro atoms. The Balaban J connectivity index is 2.35. The summed E-state index contributed by atoms with van der Waals surface area (Å²) < 4.78 is 0. The Morgan fingerprint density at radius 3 is 2.89 bits per heavy atom. The quantitative estimate of drug-likeness (QED) is 0.819. The SMILES string of the molecule is CC1(O)CCCN(c2ccc(Cl)cc2C(N)=S)C1. The van der Waals surface area contributed by atoms with Crippen LogP contribution in [0.4, 0.5) is 5.69 Å². The summed E-state index contributed by atoms with van der Waals surface area (Å²) >= 11 is 11.0. The molecule has 1 heterocycles. The first-order valence-electron chi connectivity index (χ1n) is 5.96. The molecule has 0 radical (unpaired) electrons. The minimum atomic E-state index is -0.661. The molecular formula is C13H17ClN2OS. The van der Waals surface area contributed by atoms with Crippen molar-refractivity contribution in [1.29, 1.82) is 0 Å². The second kappa shape index (κ2) is 5.03. The second-order valence-corrected chi connectivity index (χ2v) is 5.92. The number of thiocarbonyl (C=S) groups is 1. The van der Waals surface area contributed by atoms with Crippen molar-refractivity contribution in [3.05, 3.63) is 28.8 Å². The van der Waals surface area contributed by atoms with Gasteiger partial charge in [-0.2, -0.15) is 0 Å². The zero-order valence-electron chi connectivity index (χ0n) is 10.3. The first-order valence-corrected chi connectivity index (χ1v) is 6.74. The number of β-amino-alcohol motifs (C(OH)–C–C–N with tert-alkyl or cyclic N) is 1. The van der Waals surface area contributed by atoms with Crippen molar-refractivity contribution in [2.45, 2.75) is 25.4 Å². The summed E-state index contributed by atoms with van der Waals surface area (Å²) in [5.74, 6) is 0. The van der Waals surface area contributed by atoms with E-state index in [1.54, 1.807) is 6.07 Å². The molecule has 0 bridgehead atoms. The maximum atomic E-state index is 10.2. The van der Waals surface area contributed by atoms with E-state index in [4.69, 9.17) is 29.6 Å². The fourth-order valence-corrected chi connectivity index (χ4v) is 2.74. The van der Waals surface area contributed by atoms with Crippen LogP contribution in [0.25, 0.3) is 0 Å². The minimum absolute atomic E-state index is 0.331. The average Bonchev–Trinajstić information content (AvgIpc) is 2.27. The number of aliphatic hydroxyl groups is 1. The summed E-state index contributed by atoms with van der Waals surface area (Å²) in [7, 11) is 0.